The second-order valence-corrected chi connectivity index (χ2v) is 3.51. The smallest absolute Gasteiger partial charge is 0.132 e. The minimum atomic E-state index is 0.824. The average Bonchev–Trinajstić information content (AvgIpc) is 2.62. The Bertz CT molecular complexity index is 272. The van der Waals surface area contributed by atoms with Crippen LogP contribution < -0.4 is 0 Å². The lowest BCUT2D eigenvalue weighted by Crippen LogP contribution is -2.29. The van der Waals surface area contributed by atoms with Crippen LogP contribution in [0.15, 0.2) is 29.7 Å². The van der Waals surface area contributed by atoms with E-state index in [1.165, 1.54) is 12.8 Å². The Balaban J connectivity index is 2.12. The summed E-state index contributed by atoms with van der Waals surface area (Å²) >= 11 is 0. The second kappa shape index (κ2) is 3.24. The first-order valence-corrected chi connectivity index (χ1v) is 4.71. The fourth-order valence-electron chi connectivity index (χ4n) is 1.64. The minimum absolute atomic E-state index is 0.824. The highest BCUT2D eigenvalue weighted by molar-refractivity contribution is 5.94. The molecule has 70 valence electrons. The van der Waals surface area contributed by atoms with Crippen molar-refractivity contribution in [3.05, 3.63) is 24.7 Å². The van der Waals surface area contributed by atoms with E-state index in [2.05, 4.69) is 22.5 Å². The van der Waals surface area contributed by atoms with Gasteiger partial charge in [-0.1, -0.05) is 6.58 Å². The molecule has 0 aliphatic carbocycles. The van der Waals surface area contributed by atoms with E-state index in [0.717, 1.165) is 24.7 Å². The molecule has 0 spiro atoms. The number of aliphatic imine (C=N–C) groups is 1. The number of likely N-dealkylation sites (tertiary alicyclic amines) is 1. The van der Waals surface area contributed by atoms with E-state index in [1.807, 2.05) is 18.1 Å². The summed E-state index contributed by atoms with van der Waals surface area (Å²) in [5.41, 5.74) is 0. The summed E-state index contributed by atoms with van der Waals surface area (Å²) in [7, 11) is 1.96. The summed E-state index contributed by atoms with van der Waals surface area (Å²) in [4.78, 5) is 8.68. The van der Waals surface area contributed by atoms with E-state index < -0.39 is 0 Å². The topological polar surface area (TPSA) is 18.8 Å². The molecule has 2 aliphatic rings. The fraction of sp³-hybridized carbons (Fsp3) is 0.500. The molecule has 3 heteroatoms. The van der Waals surface area contributed by atoms with E-state index in [0.29, 0.717) is 0 Å². The van der Waals surface area contributed by atoms with Gasteiger partial charge >= 0.3 is 0 Å². The van der Waals surface area contributed by atoms with Crippen molar-refractivity contribution in [3.8, 4) is 0 Å². The van der Waals surface area contributed by atoms with Crippen molar-refractivity contribution in [2.45, 2.75) is 12.8 Å². The van der Waals surface area contributed by atoms with Crippen molar-refractivity contribution in [2.24, 2.45) is 4.99 Å². The van der Waals surface area contributed by atoms with Gasteiger partial charge in [0.1, 0.15) is 11.7 Å². The third kappa shape index (κ3) is 1.59. The Morgan fingerprint density at radius 1 is 1.38 bits per heavy atom. The van der Waals surface area contributed by atoms with Crippen LogP contribution in [0.2, 0.25) is 0 Å². The van der Waals surface area contributed by atoms with E-state index in [9.17, 15) is 0 Å². The van der Waals surface area contributed by atoms with E-state index >= 15 is 0 Å². The first-order chi connectivity index (χ1) is 6.27. The van der Waals surface area contributed by atoms with E-state index in [1.54, 1.807) is 0 Å². The molecule has 0 radical (unpaired) electrons. The number of amidine groups is 1. The zero-order chi connectivity index (χ0) is 9.26. The van der Waals surface area contributed by atoms with Gasteiger partial charge in [0.25, 0.3) is 0 Å². The van der Waals surface area contributed by atoms with Gasteiger partial charge in [-0.3, -0.25) is 0 Å². The molecule has 0 aromatic heterocycles. The molecule has 1 fully saturated rings. The third-order valence-electron chi connectivity index (χ3n) is 2.53. The molecule has 0 aromatic carbocycles. The third-order valence-corrected chi connectivity index (χ3v) is 2.53. The Morgan fingerprint density at radius 3 is 2.69 bits per heavy atom. The maximum Gasteiger partial charge on any atom is 0.132 e. The van der Waals surface area contributed by atoms with Crippen LogP contribution in [0.1, 0.15) is 12.8 Å². The molecule has 2 heterocycles. The normalized spacial score (nSPS) is 22.5. The maximum absolute atomic E-state index is 4.43. The number of rotatable bonds is 0. The summed E-state index contributed by atoms with van der Waals surface area (Å²) in [5, 5.41) is 0. The molecule has 0 aromatic rings. The van der Waals surface area contributed by atoms with Crippen LogP contribution in [0.25, 0.3) is 0 Å². The van der Waals surface area contributed by atoms with Crippen LogP contribution >= 0.6 is 0 Å². The average molecular weight is 177 g/mol. The molecule has 1 saturated heterocycles. The van der Waals surface area contributed by atoms with Gasteiger partial charge in [0.2, 0.25) is 0 Å². The molecular formula is C10H15N3. The monoisotopic (exact) mass is 177 g/mol. The first kappa shape index (κ1) is 8.35. The molecule has 2 rings (SSSR count). The minimum Gasteiger partial charge on any atom is -0.357 e. The van der Waals surface area contributed by atoms with Gasteiger partial charge in [0.05, 0.1) is 0 Å². The van der Waals surface area contributed by atoms with Gasteiger partial charge in [0, 0.05) is 26.3 Å². The van der Waals surface area contributed by atoms with Gasteiger partial charge in [-0.05, 0) is 18.9 Å². The summed E-state index contributed by atoms with van der Waals surface area (Å²) in [6, 6.07) is 0. The number of nitrogens with zero attached hydrogens (tertiary/aromatic N) is 3. The fourth-order valence-corrected chi connectivity index (χ4v) is 1.64. The first-order valence-electron chi connectivity index (χ1n) is 4.71. The van der Waals surface area contributed by atoms with Gasteiger partial charge < -0.3 is 9.80 Å². The van der Waals surface area contributed by atoms with Crippen LogP contribution in [0.5, 0.6) is 0 Å². The van der Waals surface area contributed by atoms with Crippen molar-refractivity contribution >= 4 is 5.84 Å². The predicted molar refractivity (Wildman–Crippen MR) is 54.3 cm³/mol. The van der Waals surface area contributed by atoms with Gasteiger partial charge in [0.15, 0.2) is 0 Å². The van der Waals surface area contributed by atoms with Crippen LogP contribution in [0.3, 0.4) is 0 Å². The largest absolute Gasteiger partial charge is 0.357 e. The van der Waals surface area contributed by atoms with Crippen molar-refractivity contribution in [2.75, 3.05) is 20.1 Å². The van der Waals surface area contributed by atoms with E-state index in [4.69, 9.17) is 0 Å². The highest BCUT2D eigenvalue weighted by atomic mass is 15.3. The molecule has 3 nitrogen and oxygen atoms in total. The van der Waals surface area contributed by atoms with Crippen molar-refractivity contribution in [3.63, 3.8) is 0 Å². The van der Waals surface area contributed by atoms with Gasteiger partial charge in [-0.25, -0.2) is 4.99 Å². The second-order valence-electron chi connectivity index (χ2n) is 3.51. The standard InChI is InChI=1S/C10H15N3/c1-9-11-10(5-8-12(9)2)13-6-3-4-7-13/h5,8H,1,3-4,6-7H2,2H3. The molecule has 0 unspecified atom stereocenters. The summed E-state index contributed by atoms with van der Waals surface area (Å²) in [6.07, 6.45) is 6.65. The van der Waals surface area contributed by atoms with Gasteiger partial charge in [-0.2, -0.15) is 0 Å². The molecule has 0 amide bonds. The Hall–Kier alpha value is -1.25. The SMILES string of the molecule is C=C1N=C(N2CCCC2)C=CN1C. The quantitative estimate of drug-likeness (QED) is 0.557. The maximum atomic E-state index is 4.43. The predicted octanol–water partition coefficient (Wildman–Crippen LogP) is 1.41. The Morgan fingerprint density at radius 2 is 2.08 bits per heavy atom. The zero-order valence-corrected chi connectivity index (χ0v) is 8.03. The zero-order valence-electron chi connectivity index (χ0n) is 8.03. The number of hydrogen-bond donors (Lipinski definition) is 0. The molecule has 2 aliphatic heterocycles. The van der Waals surface area contributed by atoms with Gasteiger partial charge in [-0.15, -0.1) is 0 Å². The Labute approximate surface area is 79.0 Å². The molecule has 13 heavy (non-hydrogen) atoms. The van der Waals surface area contributed by atoms with Crippen LogP contribution in [-0.4, -0.2) is 35.8 Å². The van der Waals surface area contributed by atoms with Crippen molar-refractivity contribution in [1.82, 2.24) is 9.80 Å². The molecular weight excluding hydrogens is 162 g/mol. The lowest BCUT2D eigenvalue weighted by Gasteiger charge is -2.24. The summed E-state index contributed by atoms with van der Waals surface area (Å²) in [6.45, 7) is 6.16. The molecule has 0 atom stereocenters. The Kier molecular flexibility index (Phi) is 2.08. The molecule has 0 bridgehead atoms. The highest BCUT2D eigenvalue weighted by Gasteiger charge is 2.16. The van der Waals surface area contributed by atoms with Crippen molar-refractivity contribution < 1.29 is 0 Å². The number of hydrogen-bond acceptors (Lipinski definition) is 3. The van der Waals surface area contributed by atoms with Crippen LogP contribution in [0.4, 0.5) is 0 Å². The lowest BCUT2D eigenvalue weighted by atomic mass is 10.4. The molecule has 0 N–H and O–H groups in total. The summed E-state index contributed by atoms with van der Waals surface area (Å²) in [5.74, 6) is 1.89. The van der Waals surface area contributed by atoms with E-state index in [-0.39, 0.29) is 0 Å². The lowest BCUT2D eigenvalue weighted by molar-refractivity contribution is 0.500. The van der Waals surface area contributed by atoms with Crippen molar-refractivity contribution in [1.29, 1.82) is 0 Å². The summed E-state index contributed by atoms with van der Waals surface area (Å²) < 4.78 is 0. The van der Waals surface area contributed by atoms with Crippen LogP contribution in [-0.2, 0) is 0 Å². The highest BCUT2D eigenvalue weighted by Crippen LogP contribution is 2.14. The molecule has 0 saturated carbocycles. The van der Waals surface area contributed by atoms with Crippen LogP contribution in [0, 0.1) is 0 Å².